The molecule has 1 aromatic rings. The lowest BCUT2D eigenvalue weighted by Gasteiger charge is -2.18. The number of para-hydroxylation sites is 2. The van der Waals surface area contributed by atoms with E-state index in [1.807, 2.05) is 0 Å². The van der Waals surface area contributed by atoms with Gasteiger partial charge in [0.05, 0.1) is 18.1 Å². The Labute approximate surface area is 141 Å². The minimum Gasteiger partial charge on any atom is -0.383 e. The van der Waals surface area contributed by atoms with Crippen molar-refractivity contribution in [2.45, 2.75) is 0 Å². The molecule has 0 aliphatic rings. The molecule has 0 unspecified atom stereocenters. The van der Waals surface area contributed by atoms with Gasteiger partial charge >= 0.3 is 0 Å². The molecule has 0 heterocycles. The molecule has 0 aromatic heterocycles. The molecule has 0 saturated heterocycles. The maximum absolute atomic E-state index is 11.8. The fraction of sp³-hybridized carbons (Fsp3) is 0.500. The lowest BCUT2D eigenvalue weighted by Crippen LogP contribution is -2.39. The highest BCUT2D eigenvalue weighted by Gasteiger charge is 2.17. The lowest BCUT2D eigenvalue weighted by atomic mass is 10.2. The number of nitrogens with one attached hydrogen (secondary N) is 2. The number of carbonyl (C=O) groups excluding carboxylic acids is 1. The molecule has 0 fully saturated rings. The molecule has 0 saturated carbocycles. The van der Waals surface area contributed by atoms with Crippen LogP contribution in [0.3, 0.4) is 0 Å². The van der Waals surface area contributed by atoms with Crippen LogP contribution in [0.5, 0.6) is 0 Å². The number of hydrogen-bond donors (Lipinski definition) is 2. The van der Waals surface area contributed by atoms with Gasteiger partial charge in [-0.15, -0.1) is 12.4 Å². The molecule has 1 aromatic carbocycles. The Morgan fingerprint density at radius 1 is 1.30 bits per heavy atom. The van der Waals surface area contributed by atoms with Gasteiger partial charge in [0.15, 0.2) is 0 Å². The van der Waals surface area contributed by atoms with Crippen LogP contribution in [0.4, 0.5) is 11.4 Å². The predicted molar refractivity (Wildman–Crippen MR) is 91.4 cm³/mol. The van der Waals surface area contributed by atoms with Gasteiger partial charge in [0.1, 0.15) is 5.69 Å². The highest BCUT2D eigenvalue weighted by Crippen LogP contribution is 2.26. The summed E-state index contributed by atoms with van der Waals surface area (Å²) in [7, 11) is 3.28. The minimum atomic E-state index is -0.455. The highest BCUT2D eigenvalue weighted by molar-refractivity contribution is 5.85. The zero-order chi connectivity index (χ0) is 16.4. The van der Waals surface area contributed by atoms with Gasteiger partial charge in [0.25, 0.3) is 5.69 Å². The first-order chi connectivity index (χ1) is 10.6. The third kappa shape index (κ3) is 7.78. The van der Waals surface area contributed by atoms with Crippen LogP contribution >= 0.6 is 12.4 Å². The number of nitro groups is 1. The molecule has 9 heteroatoms. The predicted octanol–water partition coefficient (Wildman–Crippen LogP) is 0.805. The molecule has 130 valence electrons. The van der Waals surface area contributed by atoms with Crippen LogP contribution in [-0.2, 0) is 9.53 Å². The van der Waals surface area contributed by atoms with Crippen molar-refractivity contribution in [1.29, 1.82) is 0 Å². The van der Waals surface area contributed by atoms with Crippen molar-refractivity contribution >= 4 is 29.7 Å². The summed E-state index contributed by atoms with van der Waals surface area (Å²) in [6.07, 6.45) is 0. The number of benzene rings is 1. The lowest BCUT2D eigenvalue weighted by molar-refractivity contribution is -0.384. The first-order valence-electron chi connectivity index (χ1n) is 6.97. The SMILES string of the molecule is COCCNCCNC(=O)CN(C)c1ccccc1[N+](=O)[O-].Cl. The van der Waals surface area contributed by atoms with Crippen molar-refractivity contribution in [3.05, 3.63) is 34.4 Å². The van der Waals surface area contributed by atoms with Crippen LogP contribution in [0.2, 0.25) is 0 Å². The summed E-state index contributed by atoms with van der Waals surface area (Å²) >= 11 is 0. The molecule has 8 nitrogen and oxygen atoms in total. The number of methoxy groups -OCH3 is 1. The number of hydrogen-bond acceptors (Lipinski definition) is 6. The summed E-state index contributed by atoms with van der Waals surface area (Å²) in [5.41, 5.74) is 0.403. The van der Waals surface area contributed by atoms with Crippen LogP contribution in [0.15, 0.2) is 24.3 Å². The second kappa shape index (κ2) is 11.6. The fourth-order valence-corrected chi connectivity index (χ4v) is 1.89. The summed E-state index contributed by atoms with van der Waals surface area (Å²) in [5, 5.41) is 16.8. The van der Waals surface area contributed by atoms with Gasteiger partial charge in [-0.3, -0.25) is 14.9 Å². The van der Waals surface area contributed by atoms with E-state index in [0.29, 0.717) is 25.4 Å². The monoisotopic (exact) mass is 346 g/mol. The molecule has 1 rings (SSSR count). The Bertz CT molecular complexity index is 501. The first kappa shape index (κ1) is 21.1. The van der Waals surface area contributed by atoms with Crippen molar-refractivity contribution in [3.63, 3.8) is 0 Å². The van der Waals surface area contributed by atoms with Crippen LogP contribution < -0.4 is 15.5 Å². The highest BCUT2D eigenvalue weighted by atomic mass is 35.5. The first-order valence-corrected chi connectivity index (χ1v) is 6.97. The van der Waals surface area contributed by atoms with Crippen molar-refractivity contribution < 1.29 is 14.5 Å². The van der Waals surface area contributed by atoms with Crippen molar-refractivity contribution in [1.82, 2.24) is 10.6 Å². The Balaban J connectivity index is 0.00000484. The number of amides is 1. The zero-order valence-electron chi connectivity index (χ0n) is 13.3. The maximum atomic E-state index is 11.8. The van der Waals surface area contributed by atoms with E-state index < -0.39 is 4.92 Å². The fourth-order valence-electron chi connectivity index (χ4n) is 1.89. The summed E-state index contributed by atoms with van der Waals surface area (Å²) in [6, 6.07) is 6.35. The minimum absolute atomic E-state index is 0. The van der Waals surface area contributed by atoms with E-state index in [9.17, 15) is 14.9 Å². The largest absolute Gasteiger partial charge is 0.383 e. The molecule has 0 aliphatic carbocycles. The summed E-state index contributed by atoms with van der Waals surface area (Å²) in [5.74, 6) is -0.186. The molecule has 0 radical (unpaired) electrons. The molecule has 0 spiro atoms. The molecule has 2 N–H and O–H groups in total. The summed E-state index contributed by atoms with van der Waals surface area (Å²) in [4.78, 5) is 23.9. The quantitative estimate of drug-likeness (QED) is 0.369. The number of anilines is 1. The Morgan fingerprint density at radius 2 is 2.00 bits per heavy atom. The molecular formula is C14H23ClN4O4. The van der Waals surface area contributed by atoms with E-state index >= 15 is 0 Å². The van der Waals surface area contributed by atoms with Crippen molar-refractivity contribution in [2.24, 2.45) is 0 Å². The number of rotatable bonds is 10. The van der Waals surface area contributed by atoms with Gasteiger partial charge in [-0.2, -0.15) is 0 Å². The maximum Gasteiger partial charge on any atom is 0.292 e. The standard InChI is InChI=1S/C14H22N4O4.ClH/c1-17(12-5-3-4-6-13(12)18(20)21)11-14(19)16-8-7-15-9-10-22-2;/h3-6,15H,7-11H2,1-2H3,(H,16,19);1H. The van der Waals surface area contributed by atoms with E-state index in [0.717, 1.165) is 6.54 Å². The molecule has 23 heavy (non-hydrogen) atoms. The Morgan fingerprint density at radius 3 is 2.65 bits per heavy atom. The van der Waals surface area contributed by atoms with Gasteiger partial charge in [-0.25, -0.2) is 0 Å². The molecule has 1 amide bonds. The average molecular weight is 347 g/mol. The van der Waals surface area contributed by atoms with E-state index in [1.165, 1.54) is 6.07 Å². The van der Waals surface area contributed by atoms with Gasteiger partial charge in [0.2, 0.25) is 5.91 Å². The van der Waals surface area contributed by atoms with Crippen molar-refractivity contribution in [2.75, 3.05) is 51.8 Å². The van der Waals surface area contributed by atoms with E-state index in [2.05, 4.69) is 10.6 Å². The summed E-state index contributed by atoms with van der Waals surface area (Å²) in [6.45, 7) is 2.54. The van der Waals surface area contributed by atoms with Crippen LogP contribution in [0, 0.1) is 10.1 Å². The van der Waals surface area contributed by atoms with Crippen molar-refractivity contribution in [3.8, 4) is 0 Å². The average Bonchev–Trinajstić information content (AvgIpc) is 2.50. The molecule has 0 aliphatic heterocycles. The number of carbonyl (C=O) groups is 1. The van der Waals surface area contributed by atoms with E-state index in [4.69, 9.17) is 4.74 Å². The zero-order valence-corrected chi connectivity index (χ0v) is 14.1. The Hall–Kier alpha value is -1.90. The van der Waals surface area contributed by atoms with Gasteiger partial charge in [-0.1, -0.05) is 12.1 Å². The summed E-state index contributed by atoms with van der Waals surface area (Å²) < 4.78 is 4.89. The number of nitro benzene ring substituents is 1. The smallest absolute Gasteiger partial charge is 0.292 e. The molecule has 0 bridgehead atoms. The van der Waals surface area contributed by atoms with Gasteiger partial charge < -0.3 is 20.3 Å². The normalized spacial score (nSPS) is 9.83. The van der Waals surface area contributed by atoms with E-state index in [-0.39, 0.29) is 30.5 Å². The molecule has 0 atom stereocenters. The van der Waals surface area contributed by atoms with Gasteiger partial charge in [0, 0.05) is 39.9 Å². The number of halogens is 1. The third-order valence-electron chi connectivity index (χ3n) is 2.98. The van der Waals surface area contributed by atoms with E-state index in [1.54, 1.807) is 37.3 Å². The van der Waals surface area contributed by atoms with Crippen LogP contribution in [0.1, 0.15) is 0 Å². The van der Waals surface area contributed by atoms with Gasteiger partial charge in [-0.05, 0) is 6.07 Å². The number of ether oxygens (including phenoxy) is 1. The third-order valence-corrected chi connectivity index (χ3v) is 2.98. The second-order valence-corrected chi connectivity index (χ2v) is 4.69. The number of nitrogens with zero attached hydrogens (tertiary/aromatic N) is 2. The van der Waals surface area contributed by atoms with Crippen LogP contribution in [0.25, 0.3) is 0 Å². The Kier molecular flexibility index (Phi) is 10.7. The topological polar surface area (TPSA) is 96.7 Å². The second-order valence-electron chi connectivity index (χ2n) is 4.69. The molecular weight excluding hydrogens is 324 g/mol. The van der Waals surface area contributed by atoms with Crippen LogP contribution in [-0.4, -0.2) is 57.8 Å². The number of likely N-dealkylation sites (N-methyl/N-ethyl adjacent to an activating group) is 1.